The minimum atomic E-state index is -4.55. The second-order valence-electron chi connectivity index (χ2n) is 4.65. The summed E-state index contributed by atoms with van der Waals surface area (Å²) in [6.07, 6.45) is -4.55. The highest BCUT2D eigenvalue weighted by molar-refractivity contribution is 14.1. The summed E-state index contributed by atoms with van der Waals surface area (Å²) < 4.78 is 38.9. The molecule has 0 atom stereocenters. The number of benzene rings is 2. The molecule has 1 heterocycles. The van der Waals surface area contributed by atoms with Gasteiger partial charge in [-0.05, 0) is 52.9 Å². The van der Waals surface area contributed by atoms with Crippen LogP contribution in [0.5, 0.6) is 0 Å². The summed E-state index contributed by atoms with van der Waals surface area (Å²) in [5.41, 5.74) is -0.569. The third-order valence-corrected chi connectivity index (χ3v) is 4.25. The van der Waals surface area contributed by atoms with Gasteiger partial charge in [-0.25, -0.2) is 4.90 Å². The standard InChI is InChI=1S/C15H7F3INO2/c16-15(17,18)11-7-8(5-6-12(11)19)20-13(21)9-3-1-2-4-10(9)14(20)22/h1-7H. The van der Waals surface area contributed by atoms with E-state index in [9.17, 15) is 22.8 Å². The smallest absolute Gasteiger partial charge is 0.268 e. The molecule has 0 aromatic heterocycles. The molecule has 0 unspecified atom stereocenters. The van der Waals surface area contributed by atoms with E-state index in [0.29, 0.717) is 0 Å². The number of rotatable bonds is 1. The van der Waals surface area contributed by atoms with Gasteiger partial charge in [0.15, 0.2) is 0 Å². The van der Waals surface area contributed by atoms with Crippen LogP contribution in [0.2, 0.25) is 0 Å². The maximum Gasteiger partial charge on any atom is 0.417 e. The normalized spacial score (nSPS) is 14.5. The van der Waals surface area contributed by atoms with Crippen molar-refractivity contribution in [2.24, 2.45) is 0 Å². The first-order valence-corrected chi connectivity index (χ1v) is 7.23. The molecule has 0 aliphatic carbocycles. The van der Waals surface area contributed by atoms with Crippen LogP contribution in [0, 0.1) is 3.57 Å². The monoisotopic (exact) mass is 417 g/mol. The molecule has 0 bridgehead atoms. The number of carbonyl (C=O) groups excluding carboxylic acids is 2. The summed E-state index contributed by atoms with van der Waals surface area (Å²) in [6, 6.07) is 9.55. The summed E-state index contributed by atoms with van der Waals surface area (Å²) in [7, 11) is 0. The molecular weight excluding hydrogens is 410 g/mol. The van der Waals surface area contributed by atoms with E-state index in [1.54, 1.807) is 34.7 Å². The molecule has 2 amide bonds. The first kappa shape index (κ1) is 15.0. The third-order valence-electron chi connectivity index (χ3n) is 3.31. The molecule has 3 nitrogen and oxygen atoms in total. The number of imide groups is 1. The van der Waals surface area contributed by atoms with Gasteiger partial charge in [0.1, 0.15) is 0 Å². The maximum atomic E-state index is 13.0. The molecule has 0 spiro atoms. The quantitative estimate of drug-likeness (QED) is 0.518. The Bertz CT molecular complexity index is 767. The molecule has 1 aliphatic heterocycles. The number of alkyl halides is 3. The van der Waals surface area contributed by atoms with Crippen molar-refractivity contribution in [1.29, 1.82) is 0 Å². The Morgan fingerprint density at radius 3 is 1.95 bits per heavy atom. The van der Waals surface area contributed by atoms with E-state index in [-0.39, 0.29) is 20.4 Å². The largest absolute Gasteiger partial charge is 0.417 e. The van der Waals surface area contributed by atoms with Crippen molar-refractivity contribution in [1.82, 2.24) is 0 Å². The predicted molar refractivity (Wildman–Crippen MR) is 81.7 cm³/mol. The molecular formula is C15H7F3INO2. The summed E-state index contributed by atoms with van der Waals surface area (Å²) in [4.78, 5) is 25.3. The average Bonchev–Trinajstić information content (AvgIpc) is 2.71. The highest BCUT2D eigenvalue weighted by Crippen LogP contribution is 2.37. The first-order chi connectivity index (χ1) is 10.3. The van der Waals surface area contributed by atoms with Gasteiger partial charge in [0.2, 0.25) is 0 Å². The maximum absolute atomic E-state index is 13.0. The lowest BCUT2D eigenvalue weighted by molar-refractivity contribution is -0.138. The Morgan fingerprint density at radius 2 is 1.45 bits per heavy atom. The fourth-order valence-electron chi connectivity index (χ4n) is 2.29. The van der Waals surface area contributed by atoms with Gasteiger partial charge >= 0.3 is 6.18 Å². The lowest BCUT2D eigenvalue weighted by Crippen LogP contribution is -2.29. The van der Waals surface area contributed by atoms with Crippen LogP contribution in [-0.4, -0.2) is 11.8 Å². The van der Waals surface area contributed by atoms with Crippen LogP contribution in [0.15, 0.2) is 42.5 Å². The zero-order valence-electron chi connectivity index (χ0n) is 10.8. The highest BCUT2D eigenvalue weighted by Gasteiger charge is 2.38. The van der Waals surface area contributed by atoms with Crippen LogP contribution in [0.1, 0.15) is 26.3 Å². The molecule has 0 saturated heterocycles. The number of hydrogen-bond donors (Lipinski definition) is 0. The van der Waals surface area contributed by atoms with Crippen LogP contribution >= 0.6 is 22.6 Å². The number of amides is 2. The minimum Gasteiger partial charge on any atom is -0.268 e. The number of anilines is 1. The van der Waals surface area contributed by atoms with Gasteiger partial charge in [-0.15, -0.1) is 0 Å². The first-order valence-electron chi connectivity index (χ1n) is 6.15. The molecule has 0 fully saturated rings. The number of fused-ring (bicyclic) bond motifs is 1. The van der Waals surface area contributed by atoms with Gasteiger partial charge in [-0.3, -0.25) is 9.59 Å². The topological polar surface area (TPSA) is 37.4 Å². The Labute approximate surface area is 136 Å². The molecule has 0 N–H and O–H groups in total. The molecule has 3 rings (SSSR count). The SMILES string of the molecule is O=C1c2ccccc2C(=O)N1c1ccc(I)c(C(F)(F)F)c1. The molecule has 112 valence electrons. The minimum absolute atomic E-state index is 0.00505. The molecule has 0 radical (unpaired) electrons. The Kier molecular flexibility index (Phi) is 3.47. The molecule has 2 aromatic carbocycles. The third kappa shape index (κ3) is 2.29. The molecule has 0 saturated carbocycles. The second kappa shape index (κ2) is 5.08. The predicted octanol–water partition coefficient (Wildman–Crippen LogP) is 4.11. The van der Waals surface area contributed by atoms with Crippen molar-refractivity contribution in [2.45, 2.75) is 6.18 Å². The van der Waals surface area contributed by atoms with Gasteiger partial charge in [0.25, 0.3) is 11.8 Å². The lowest BCUT2D eigenvalue weighted by atomic mass is 10.1. The van der Waals surface area contributed by atoms with E-state index < -0.39 is 23.6 Å². The summed E-state index contributed by atoms with van der Waals surface area (Å²) in [5.74, 6) is -1.23. The number of nitrogens with zero attached hydrogens (tertiary/aromatic N) is 1. The summed E-state index contributed by atoms with van der Waals surface area (Å²) >= 11 is 1.57. The van der Waals surface area contributed by atoms with Crippen LogP contribution in [0.4, 0.5) is 18.9 Å². The summed E-state index contributed by atoms with van der Waals surface area (Å²) in [5, 5.41) is 0. The zero-order chi connectivity index (χ0) is 16.1. The summed E-state index contributed by atoms with van der Waals surface area (Å²) in [6.45, 7) is 0. The zero-order valence-corrected chi connectivity index (χ0v) is 13.0. The van der Waals surface area contributed by atoms with Crippen LogP contribution in [-0.2, 0) is 6.18 Å². The van der Waals surface area contributed by atoms with E-state index in [2.05, 4.69) is 0 Å². The van der Waals surface area contributed by atoms with Crippen LogP contribution < -0.4 is 4.90 Å². The van der Waals surface area contributed by atoms with Gasteiger partial charge < -0.3 is 0 Å². The van der Waals surface area contributed by atoms with Gasteiger partial charge in [-0.2, -0.15) is 13.2 Å². The van der Waals surface area contributed by atoms with E-state index in [0.717, 1.165) is 11.0 Å². The second-order valence-corrected chi connectivity index (χ2v) is 5.82. The van der Waals surface area contributed by atoms with Crippen molar-refractivity contribution in [3.8, 4) is 0 Å². The fraction of sp³-hybridized carbons (Fsp3) is 0.0667. The number of hydrogen-bond acceptors (Lipinski definition) is 2. The Morgan fingerprint density at radius 1 is 0.909 bits per heavy atom. The average molecular weight is 417 g/mol. The fourth-order valence-corrected chi connectivity index (χ4v) is 2.93. The lowest BCUT2D eigenvalue weighted by Gasteiger charge is -2.17. The molecule has 22 heavy (non-hydrogen) atoms. The van der Waals surface area contributed by atoms with E-state index in [1.165, 1.54) is 24.3 Å². The van der Waals surface area contributed by atoms with Crippen molar-refractivity contribution < 1.29 is 22.8 Å². The molecule has 1 aliphatic rings. The van der Waals surface area contributed by atoms with Gasteiger partial charge in [0.05, 0.1) is 22.4 Å². The van der Waals surface area contributed by atoms with E-state index >= 15 is 0 Å². The van der Waals surface area contributed by atoms with E-state index in [1.807, 2.05) is 0 Å². The molecule has 2 aromatic rings. The van der Waals surface area contributed by atoms with Crippen molar-refractivity contribution in [3.63, 3.8) is 0 Å². The van der Waals surface area contributed by atoms with Gasteiger partial charge in [-0.1, -0.05) is 12.1 Å². The molecule has 7 heteroatoms. The van der Waals surface area contributed by atoms with Crippen molar-refractivity contribution in [3.05, 3.63) is 62.7 Å². The van der Waals surface area contributed by atoms with Crippen LogP contribution in [0.3, 0.4) is 0 Å². The highest BCUT2D eigenvalue weighted by atomic mass is 127. The Hall–Kier alpha value is -1.90. The van der Waals surface area contributed by atoms with Crippen molar-refractivity contribution in [2.75, 3.05) is 4.90 Å². The van der Waals surface area contributed by atoms with Crippen molar-refractivity contribution >= 4 is 40.1 Å². The van der Waals surface area contributed by atoms with Gasteiger partial charge in [0, 0.05) is 3.57 Å². The van der Waals surface area contributed by atoms with E-state index in [4.69, 9.17) is 0 Å². The van der Waals surface area contributed by atoms with Crippen LogP contribution in [0.25, 0.3) is 0 Å². The number of carbonyl (C=O) groups is 2. The number of halogens is 4. The Balaban J connectivity index is 2.11.